The smallest absolute Gasteiger partial charge is 0.323 e. The average Bonchev–Trinajstić information content (AvgIpc) is 3.56. The number of anilines is 2. The number of ether oxygens (including phenoxy) is 4. The number of benzene rings is 4. The van der Waals surface area contributed by atoms with Crippen molar-refractivity contribution in [1.82, 2.24) is 9.80 Å². The third-order valence-electron chi connectivity index (χ3n) is 8.42. The zero-order valence-corrected chi connectivity index (χ0v) is 27.2. The molecule has 11 heteroatoms. The molecule has 0 spiro atoms. The molecular formula is C37H40N4O7. The van der Waals surface area contributed by atoms with Gasteiger partial charge in [0.25, 0.3) is 5.91 Å². The lowest BCUT2D eigenvalue weighted by atomic mass is 9.99. The van der Waals surface area contributed by atoms with Crippen molar-refractivity contribution in [1.29, 1.82) is 0 Å². The van der Waals surface area contributed by atoms with Crippen LogP contribution in [0.15, 0.2) is 91.0 Å². The van der Waals surface area contributed by atoms with Crippen LogP contribution in [0.1, 0.15) is 29.8 Å². The maximum Gasteiger partial charge on any atom is 0.323 e. The summed E-state index contributed by atoms with van der Waals surface area (Å²) in [6.45, 7) is 5.38. The summed E-state index contributed by atoms with van der Waals surface area (Å²) >= 11 is 0. The Morgan fingerprint density at radius 2 is 1.73 bits per heavy atom. The van der Waals surface area contributed by atoms with Gasteiger partial charge in [0.15, 0.2) is 17.2 Å². The van der Waals surface area contributed by atoms with Gasteiger partial charge < -0.3 is 39.6 Å². The number of aliphatic hydroxyl groups is 1. The van der Waals surface area contributed by atoms with E-state index in [1.165, 1.54) is 0 Å². The van der Waals surface area contributed by atoms with Crippen molar-refractivity contribution < 1.29 is 33.6 Å². The van der Waals surface area contributed by atoms with E-state index in [-0.39, 0.29) is 37.1 Å². The molecule has 2 aliphatic rings. The first-order valence-corrected chi connectivity index (χ1v) is 16.0. The zero-order chi connectivity index (χ0) is 33.6. The zero-order valence-electron chi connectivity index (χ0n) is 27.2. The first kappa shape index (κ1) is 32.7. The van der Waals surface area contributed by atoms with E-state index < -0.39 is 12.1 Å². The summed E-state index contributed by atoms with van der Waals surface area (Å²) in [7, 11) is 2.02. The van der Waals surface area contributed by atoms with Crippen LogP contribution < -0.4 is 29.6 Å². The van der Waals surface area contributed by atoms with E-state index in [1.807, 2.05) is 75.5 Å². The molecular weight excluding hydrogens is 612 g/mol. The van der Waals surface area contributed by atoms with E-state index in [0.717, 1.165) is 17.1 Å². The van der Waals surface area contributed by atoms with Crippen LogP contribution in [0.25, 0.3) is 0 Å². The molecule has 0 aromatic heterocycles. The molecule has 11 nitrogen and oxygen atoms in total. The topological polar surface area (TPSA) is 122 Å². The van der Waals surface area contributed by atoms with Gasteiger partial charge in [-0.1, -0.05) is 43.3 Å². The SMILES string of the molecule is C[C@@H]1CN([C@H](C)CO)C(=O)c2cccc(NC(=O)Nc3ccc4c(c3)OCO4)c2O[C@H]1CN(C)Cc1ccc(Oc2ccccc2)cc1. The summed E-state index contributed by atoms with van der Waals surface area (Å²) < 4.78 is 23.4. The minimum absolute atomic E-state index is 0.101. The lowest BCUT2D eigenvalue weighted by molar-refractivity contribution is 0.0343. The molecule has 3 atom stereocenters. The summed E-state index contributed by atoms with van der Waals surface area (Å²) in [6, 6.07) is 26.9. The van der Waals surface area contributed by atoms with Gasteiger partial charge >= 0.3 is 6.03 Å². The summed E-state index contributed by atoms with van der Waals surface area (Å²) in [6.07, 6.45) is -0.351. The third-order valence-corrected chi connectivity index (χ3v) is 8.42. The maximum atomic E-state index is 13.8. The minimum atomic E-state index is -0.512. The van der Waals surface area contributed by atoms with E-state index in [2.05, 4.69) is 15.5 Å². The van der Waals surface area contributed by atoms with E-state index in [9.17, 15) is 14.7 Å². The number of hydrogen-bond acceptors (Lipinski definition) is 8. The number of aliphatic hydroxyl groups excluding tert-OH is 1. The van der Waals surface area contributed by atoms with Crippen molar-refractivity contribution in [3.8, 4) is 28.7 Å². The van der Waals surface area contributed by atoms with Gasteiger partial charge in [-0.15, -0.1) is 0 Å². The molecule has 0 saturated carbocycles. The van der Waals surface area contributed by atoms with E-state index in [0.29, 0.717) is 48.1 Å². The first-order valence-electron chi connectivity index (χ1n) is 16.0. The number of likely N-dealkylation sites (N-methyl/N-ethyl adjacent to an activating group) is 1. The van der Waals surface area contributed by atoms with Crippen LogP contribution in [0.2, 0.25) is 0 Å². The van der Waals surface area contributed by atoms with Gasteiger partial charge in [0.05, 0.1) is 23.9 Å². The Bertz CT molecular complexity index is 1730. The Kier molecular flexibility index (Phi) is 9.98. The fraction of sp³-hybridized carbons (Fsp3) is 0.297. The largest absolute Gasteiger partial charge is 0.486 e. The van der Waals surface area contributed by atoms with Crippen LogP contribution in [0.4, 0.5) is 16.2 Å². The minimum Gasteiger partial charge on any atom is -0.486 e. The van der Waals surface area contributed by atoms with Crippen molar-refractivity contribution in [3.05, 3.63) is 102 Å². The van der Waals surface area contributed by atoms with E-state index >= 15 is 0 Å². The van der Waals surface area contributed by atoms with Crippen LogP contribution >= 0.6 is 0 Å². The fourth-order valence-electron chi connectivity index (χ4n) is 5.79. The van der Waals surface area contributed by atoms with E-state index in [4.69, 9.17) is 18.9 Å². The van der Waals surface area contributed by atoms with Crippen molar-refractivity contribution in [2.24, 2.45) is 5.92 Å². The Labute approximate surface area is 280 Å². The molecule has 2 heterocycles. The Balaban J connectivity index is 1.19. The molecule has 48 heavy (non-hydrogen) atoms. The molecule has 3 N–H and O–H groups in total. The Morgan fingerprint density at radius 1 is 0.979 bits per heavy atom. The standard InChI is InChI=1S/C37H40N4O7/c1-24-19-41(25(2)22-42)36(43)30-10-7-11-31(39-37(44)38-27-14-17-32-33(18-27)46-23-45-32)35(30)48-34(24)21-40(3)20-26-12-15-29(16-13-26)47-28-8-5-4-6-9-28/h4-18,24-25,34,42H,19-23H2,1-3H3,(H2,38,39,44)/t24-,25-,34+/m1/s1. The quantitative estimate of drug-likeness (QED) is 0.185. The van der Waals surface area contributed by atoms with Crippen LogP contribution in [0.3, 0.4) is 0 Å². The first-order chi connectivity index (χ1) is 23.3. The molecule has 0 unspecified atom stereocenters. The van der Waals surface area contributed by atoms with Crippen molar-refractivity contribution in [3.63, 3.8) is 0 Å². The molecule has 6 rings (SSSR count). The number of fused-ring (bicyclic) bond motifs is 2. The molecule has 0 bridgehead atoms. The number of carbonyl (C=O) groups excluding carboxylic acids is 2. The normalized spacial score (nSPS) is 17.5. The number of rotatable bonds is 10. The van der Waals surface area contributed by atoms with Gasteiger partial charge in [-0.05, 0) is 68.1 Å². The number of urea groups is 1. The predicted octanol–water partition coefficient (Wildman–Crippen LogP) is 6.20. The van der Waals surface area contributed by atoms with E-state index in [1.54, 1.807) is 41.3 Å². The summed E-state index contributed by atoms with van der Waals surface area (Å²) in [5, 5.41) is 15.7. The van der Waals surface area contributed by atoms with Gasteiger partial charge in [0.1, 0.15) is 17.6 Å². The third kappa shape index (κ3) is 7.64. The maximum absolute atomic E-state index is 13.8. The highest BCUT2D eigenvalue weighted by Crippen LogP contribution is 2.36. The molecule has 0 saturated heterocycles. The highest BCUT2D eigenvalue weighted by atomic mass is 16.7. The van der Waals surface area contributed by atoms with Crippen LogP contribution in [-0.2, 0) is 6.54 Å². The van der Waals surface area contributed by atoms with Gasteiger partial charge in [-0.25, -0.2) is 4.79 Å². The monoisotopic (exact) mass is 652 g/mol. The number of nitrogens with one attached hydrogen (secondary N) is 2. The second-order valence-electron chi connectivity index (χ2n) is 12.2. The molecule has 0 fully saturated rings. The highest BCUT2D eigenvalue weighted by Gasteiger charge is 2.34. The van der Waals surface area contributed by atoms with Crippen molar-refractivity contribution >= 4 is 23.3 Å². The van der Waals surface area contributed by atoms with Crippen LogP contribution in [0.5, 0.6) is 28.7 Å². The molecule has 0 radical (unpaired) electrons. The number of amides is 3. The van der Waals surface area contributed by atoms with Crippen LogP contribution in [0, 0.1) is 5.92 Å². The van der Waals surface area contributed by atoms with Gasteiger partial charge in [-0.3, -0.25) is 9.69 Å². The molecule has 2 aliphatic heterocycles. The molecule has 250 valence electrons. The molecule has 0 aliphatic carbocycles. The summed E-state index contributed by atoms with van der Waals surface area (Å²) in [4.78, 5) is 30.9. The van der Waals surface area contributed by atoms with Gasteiger partial charge in [-0.2, -0.15) is 0 Å². The van der Waals surface area contributed by atoms with Gasteiger partial charge in [0, 0.05) is 37.3 Å². The van der Waals surface area contributed by atoms with Gasteiger partial charge in [0.2, 0.25) is 6.79 Å². The average molecular weight is 653 g/mol. The second kappa shape index (κ2) is 14.7. The van der Waals surface area contributed by atoms with Crippen molar-refractivity contribution in [2.75, 3.05) is 44.2 Å². The Morgan fingerprint density at radius 3 is 2.50 bits per heavy atom. The predicted molar refractivity (Wildman–Crippen MR) is 182 cm³/mol. The number of carbonyl (C=O) groups is 2. The molecule has 4 aromatic carbocycles. The lowest BCUT2D eigenvalue weighted by Gasteiger charge is -2.38. The van der Waals surface area contributed by atoms with Crippen molar-refractivity contribution in [2.45, 2.75) is 32.5 Å². The summed E-state index contributed by atoms with van der Waals surface area (Å²) in [5.41, 5.74) is 2.28. The number of para-hydroxylation sites is 2. The summed E-state index contributed by atoms with van der Waals surface area (Å²) in [5.74, 6) is 2.59. The molecule has 3 amide bonds. The Hall–Kier alpha value is -5.26. The lowest BCUT2D eigenvalue weighted by Crippen LogP contribution is -2.49. The fourth-order valence-corrected chi connectivity index (χ4v) is 5.79. The number of hydrogen-bond donors (Lipinski definition) is 3. The second-order valence-corrected chi connectivity index (χ2v) is 12.2. The highest BCUT2D eigenvalue weighted by molar-refractivity contribution is 6.04. The number of nitrogens with zero attached hydrogens (tertiary/aromatic N) is 2. The van der Waals surface area contributed by atoms with Crippen LogP contribution in [-0.4, -0.2) is 72.5 Å². The molecule has 4 aromatic rings.